The van der Waals surface area contributed by atoms with Crippen LogP contribution < -0.4 is 5.32 Å². The van der Waals surface area contributed by atoms with Crippen LogP contribution in [0.2, 0.25) is 0 Å². The molecule has 3 heterocycles. The first-order valence-electron chi connectivity index (χ1n) is 10.1. The summed E-state index contributed by atoms with van der Waals surface area (Å²) in [6.45, 7) is 7.00. The molecule has 1 aliphatic rings. The lowest BCUT2D eigenvalue weighted by Crippen LogP contribution is -2.36. The quantitative estimate of drug-likeness (QED) is 0.734. The minimum atomic E-state index is -0.0562. The summed E-state index contributed by atoms with van der Waals surface area (Å²) in [5.41, 5.74) is 5.03. The van der Waals surface area contributed by atoms with Crippen LogP contribution in [0, 0.1) is 6.92 Å². The topological polar surface area (TPSA) is 49.6 Å². The lowest BCUT2D eigenvalue weighted by atomic mass is 10.0. The molecule has 1 saturated heterocycles. The molecule has 3 aromatic rings. The number of hydrogen-bond acceptors (Lipinski definition) is 3. The van der Waals surface area contributed by atoms with Crippen molar-refractivity contribution in [2.24, 2.45) is 0 Å². The second kappa shape index (κ2) is 8.15. The first kappa shape index (κ1) is 18.7. The molecular weight excluding hydrogens is 348 g/mol. The zero-order valence-electron chi connectivity index (χ0n) is 16.7. The molecule has 4 rings (SSSR count). The SMILES string of the molecule is Cc1c(C(=O)NCc2ccc(CN3CCCCC3C)cc2)ccc2cncn12. The molecule has 1 unspecified atom stereocenters. The highest BCUT2D eigenvalue weighted by molar-refractivity contribution is 5.95. The molecule has 1 aliphatic heterocycles. The van der Waals surface area contributed by atoms with Gasteiger partial charge in [0, 0.05) is 24.8 Å². The van der Waals surface area contributed by atoms with Crippen LogP contribution in [0.15, 0.2) is 48.9 Å². The largest absolute Gasteiger partial charge is 0.348 e. The van der Waals surface area contributed by atoms with E-state index in [-0.39, 0.29) is 5.91 Å². The Labute approximate surface area is 166 Å². The first-order valence-corrected chi connectivity index (χ1v) is 10.1. The van der Waals surface area contributed by atoms with Gasteiger partial charge < -0.3 is 9.72 Å². The van der Waals surface area contributed by atoms with E-state index in [9.17, 15) is 4.79 Å². The average Bonchev–Trinajstić information content (AvgIpc) is 3.19. The number of likely N-dealkylation sites (tertiary alicyclic amines) is 1. The summed E-state index contributed by atoms with van der Waals surface area (Å²) in [5.74, 6) is -0.0562. The molecular formula is C23H28N4O. The zero-order valence-corrected chi connectivity index (χ0v) is 16.7. The predicted molar refractivity (Wildman–Crippen MR) is 111 cm³/mol. The molecule has 1 aromatic carbocycles. The molecule has 0 spiro atoms. The number of carbonyl (C=O) groups is 1. The number of piperidine rings is 1. The van der Waals surface area contributed by atoms with Gasteiger partial charge in [0.1, 0.15) is 0 Å². The van der Waals surface area contributed by atoms with Crippen molar-refractivity contribution >= 4 is 11.4 Å². The molecule has 0 radical (unpaired) electrons. The second-order valence-electron chi connectivity index (χ2n) is 7.84. The van der Waals surface area contributed by atoms with Gasteiger partial charge in [-0.3, -0.25) is 9.69 Å². The summed E-state index contributed by atoms with van der Waals surface area (Å²) in [6.07, 6.45) is 7.49. The summed E-state index contributed by atoms with van der Waals surface area (Å²) in [4.78, 5) is 19.3. The van der Waals surface area contributed by atoms with Crippen LogP contribution in [0.25, 0.3) is 5.52 Å². The van der Waals surface area contributed by atoms with Gasteiger partial charge in [-0.15, -0.1) is 0 Å². The summed E-state index contributed by atoms with van der Waals surface area (Å²) in [7, 11) is 0. The van der Waals surface area contributed by atoms with Crippen molar-refractivity contribution in [2.75, 3.05) is 6.54 Å². The lowest BCUT2D eigenvalue weighted by molar-refractivity contribution is 0.0949. The number of hydrogen-bond donors (Lipinski definition) is 1. The molecule has 1 amide bonds. The molecule has 1 N–H and O–H groups in total. The van der Waals surface area contributed by atoms with E-state index in [0.717, 1.165) is 23.3 Å². The number of benzene rings is 1. The van der Waals surface area contributed by atoms with Crippen LogP contribution in [0.1, 0.15) is 53.4 Å². The van der Waals surface area contributed by atoms with E-state index in [0.29, 0.717) is 18.2 Å². The van der Waals surface area contributed by atoms with Crippen LogP contribution in [0.3, 0.4) is 0 Å². The van der Waals surface area contributed by atoms with Gasteiger partial charge >= 0.3 is 0 Å². The third-order valence-corrected chi connectivity index (χ3v) is 5.89. The fraction of sp³-hybridized carbons (Fsp3) is 0.391. The molecule has 0 saturated carbocycles. The number of aromatic nitrogens is 2. The van der Waals surface area contributed by atoms with Gasteiger partial charge in [-0.25, -0.2) is 4.98 Å². The number of rotatable bonds is 5. The van der Waals surface area contributed by atoms with Crippen LogP contribution in [-0.2, 0) is 13.1 Å². The van der Waals surface area contributed by atoms with E-state index in [2.05, 4.69) is 46.4 Å². The van der Waals surface area contributed by atoms with E-state index in [1.54, 1.807) is 12.5 Å². The second-order valence-corrected chi connectivity index (χ2v) is 7.84. The number of carbonyl (C=O) groups excluding carboxylic acids is 1. The van der Waals surface area contributed by atoms with Crippen molar-refractivity contribution < 1.29 is 4.79 Å². The smallest absolute Gasteiger partial charge is 0.253 e. The standard InChI is InChI=1S/C23H28N4O/c1-17-5-3-4-12-26(17)15-20-8-6-19(7-9-20)13-25-23(28)22-11-10-21-14-24-16-27(21)18(22)2/h6-11,14,16-17H,3-5,12-13,15H2,1-2H3,(H,25,28). The lowest BCUT2D eigenvalue weighted by Gasteiger charge is -2.33. The Bertz CT molecular complexity index is 960. The summed E-state index contributed by atoms with van der Waals surface area (Å²) in [5, 5.41) is 3.04. The van der Waals surface area contributed by atoms with Crippen molar-refractivity contribution in [1.82, 2.24) is 19.6 Å². The highest BCUT2D eigenvalue weighted by atomic mass is 16.1. The minimum absolute atomic E-state index is 0.0562. The fourth-order valence-corrected chi connectivity index (χ4v) is 4.03. The highest BCUT2D eigenvalue weighted by Gasteiger charge is 2.18. The van der Waals surface area contributed by atoms with E-state index in [1.165, 1.54) is 31.4 Å². The maximum absolute atomic E-state index is 12.6. The maximum Gasteiger partial charge on any atom is 0.253 e. The zero-order chi connectivity index (χ0) is 19.5. The van der Waals surface area contributed by atoms with E-state index in [4.69, 9.17) is 0 Å². The number of pyridine rings is 1. The molecule has 0 bridgehead atoms. The van der Waals surface area contributed by atoms with Crippen molar-refractivity contribution in [1.29, 1.82) is 0 Å². The Morgan fingerprint density at radius 2 is 1.93 bits per heavy atom. The minimum Gasteiger partial charge on any atom is -0.348 e. The summed E-state index contributed by atoms with van der Waals surface area (Å²) >= 11 is 0. The van der Waals surface area contributed by atoms with Gasteiger partial charge in [-0.05, 0) is 56.5 Å². The molecule has 1 fully saturated rings. The van der Waals surface area contributed by atoms with E-state index >= 15 is 0 Å². The molecule has 5 heteroatoms. The number of fused-ring (bicyclic) bond motifs is 1. The van der Waals surface area contributed by atoms with Crippen molar-refractivity contribution in [3.63, 3.8) is 0 Å². The molecule has 0 aliphatic carbocycles. The number of nitrogens with one attached hydrogen (secondary N) is 1. The Morgan fingerprint density at radius 1 is 1.14 bits per heavy atom. The van der Waals surface area contributed by atoms with Gasteiger partial charge in [-0.1, -0.05) is 30.7 Å². The van der Waals surface area contributed by atoms with Crippen LogP contribution in [-0.4, -0.2) is 32.8 Å². The van der Waals surface area contributed by atoms with Crippen LogP contribution in [0.5, 0.6) is 0 Å². The van der Waals surface area contributed by atoms with Gasteiger partial charge in [0.2, 0.25) is 0 Å². The van der Waals surface area contributed by atoms with Crippen molar-refractivity contribution in [2.45, 2.75) is 52.2 Å². The van der Waals surface area contributed by atoms with Gasteiger partial charge in [0.15, 0.2) is 0 Å². The highest BCUT2D eigenvalue weighted by Crippen LogP contribution is 2.19. The fourth-order valence-electron chi connectivity index (χ4n) is 4.03. The summed E-state index contributed by atoms with van der Waals surface area (Å²) in [6, 6.07) is 13.1. The van der Waals surface area contributed by atoms with E-state index < -0.39 is 0 Å². The van der Waals surface area contributed by atoms with Gasteiger partial charge in [0.25, 0.3) is 5.91 Å². The van der Waals surface area contributed by atoms with Crippen LogP contribution in [0.4, 0.5) is 0 Å². The Hall–Kier alpha value is -2.66. The van der Waals surface area contributed by atoms with E-state index in [1.807, 2.05) is 23.5 Å². The van der Waals surface area contributed by atoms with Crippen molar-refractivity contribution in [3.8, 4) is 0 Å². The Morgan fingerprint density at radius 3 is 2.71 bits per heavy atom. The molecule has 146 valence electrons. The Balaban J connectivity index is 1.36. The number of amides is 1. The summed E-state index contributed by atoms with van der Waals surface area (Å²) < 4.78 is 1.94. The maximum atomic E-state index is 12.6. The number of nitrogens with zero attached hydrogens (tertiary/aromatic N) is 3. The van der Waals surface area contributed by atoms with Gasteiger partial charge in [-0.2, -0.15) is 0 Å². The van der Waals surface area contributed by atoms with Gasteiger partial charge in [0.05, 0.1) is 23.6 Å². The molecule has 28 heavy (non-hydrogen) atoms. The third kappa shape index (κ3) is 3.94. The molecule has 2 aromatic heterocycles. The Kier molecular flexibility index (Phi) is 5.44. The van der Waals surface area contributed by atoms with Crippen LogP contribution >= 0.6 is 0 Å². The third-order valence-electron chi connectivity index (χ3n) is 5.89. The predicted octanol–water partition coefficient (Wildman–Crippen LogP) is 3.95. The monoisotopic (exact) mass is 376 g/mol. The number of aryl methyl sites for hydroxylation is 1. The molecule has 1 atom stereocenters. The van der Waals surface area contributed by atoms with Crippen molar-refractivity contribution in [3.05, 3.63) is 71.3 Å². The molecule has 5 nitrogen and oxygen atoms in total. The normalized spacial score (nSPS) is 17.7. The first-order chi connectivity index (χ1) is 13.6. The average molecular weight is 377 g/mol. The number of imidazole rings is 1.